The number of carbonyl (C=O) groups excluding carboxylic acids is 3. The fraction of sp³-hybridized carbons (Fsp3) is 0.286. The highest BCUT2D eigenvalue weighted by atomic mass is 32.2. The summed E-state index contributed by atoms with van der Waals surface area (Å²) in [5.41, 5.74) is 5.80. The van der Waals surface area contributed by atoms with Crippen molar-refractivity contribution in [3.8, 4) is 0 Å². The van der Waals surface area contributed by atoms with Crippen molar-refractivity contribution in [1.82, 2.24) is 20.2 Å². The highest BCUT2D eigenvalue weighted by Crippen LogP contribution is 2.40. The number of carboxylic acid groups (broad SMARTS) is 1. The quantitative estimate of drug-likeness (QED) is 0.190. The standard InChI is InChI=1S/C21H21N7O5S/c1-2-33-26-14(17-23-7-6-13(22)24-17)18(29)25-15-19(30)28-16(21(31)32)12(11-34-20(15)28)10-27-8-4-3-5-9-27/h3-9,15,20H,2,10-11H2,1H3,(H3-,22,23,24,25,29,31,32)/t15?,20-/m0/s1. The molecule has 0 aliphatic carbocycles. The summed E-state index contributed by atoms with van der Waals surface area (Å²) in [6.45, 7) is 2.17. The van der Waals surface area contributed by atoms with Crippen molar-refractivity contribution >= 4 is 41.1 Å². The van der Waals surface area contributed by atoms with E-state index in [-0.39, 0.29) is 29.7 Å². The number of nitrogen functional groups attached to an aromatic ring is 1. The molecule has 1 saturated heterocycles. The molecule has 4 rings (SSSR count). The van der Waals surface area contributed by atoms with Gasteiger partial charge in [0.05, 0.1) is 11.7 Å². The number of carbonyl (C=O) groups is 3. The van der Waals surface area contributed by atoms with E-state index < -0.39 is 29.2 Å². The Morgan fingerprint density at radius 3 is 2.82 bits per heavy atom. The molecule has 0 saturated carbocycles. The number of amides is 2. The van der Waals surface area contributed by atoms with E-state index in [9.17, 15) is 19.5 Å². The van der Waals surface area contributed by atoms with Crippen LogP contribution in [0, 0.1) is 0 Å². The van der Waals surface area contributed by atoms with Crippen molar-refractivity contribution in [3.05, 3.63) is 60.0 Å². The summed E-state index contributed by atoms with van der Waals surface area (Å²) in [5.74, 6) is -2.34. The van der Waals surface area contributed by atoms with Gasteiger partial charge in [0.25, 0.3) is 11.8 Å². The average molecular weight is 484 g/mol. The molecule has 1 unspecified atom stereocenters. The maximum Gasteiger partial charge on any atom is 0.278 e. The van der Waals surface area contributed by atoms with Crippen LogP contribution in [0.2, 0.25) is 0 Å². The summed E-state index contributed by atoms with van der Waals surface area (Å²) in [6.07, 6.45) is 4.97. The van der Waals surface area contributed by atoms with Crippen molar-refractivity contribution in [2.75, 3.05) is 18.1 Å². The number of thioether (sulfide) groups is 1. The normalized spacial score (nSPS) is 19.9. The van der Waals surface area contributed by atoms with Crippen molar-refractivity contribution < 1.29 is 28.9 Å². The van der Waals surface area contributed by atoms with E-state index in [0.29, 0.717) is 17.9 Å². The predicted molar refractivity (Wildman–Crippen MR) is 118 cm³/mol. The minimum Gasteiger partial charge on any atom is -0.543 e. The van der Waals surface area contributed by atoms with Crippen LogP contribution in [0.25, 0.3) is 0 Å². The lowest BCUT2D eigenvalue weighted by Gasteiger charge is -2.50. The second-order valence-corrected chi connectivity index (χ2v) is 8.42. The number of carboxylic acids is 1. The Bertz CT molecular complexity index is 1190. The second-order valence-electron chi connectivity index (χ2n) is 7.31. The highest BCUT2D eigenvalue weighted by Gasteiger charge is 2.53. The number of rotatable bonds is 8. The number of aromatic nitrogens is 3. The first-order valence-electron chi connectivity index (χ1n) is 10.3. The topological polar surface area (TPSA) is 167 Å². The molecule has 2 amide bonds. The zero-order chi connectivity index (χ0) is 24.2. The molecular formula is C21H21N7O5S. The van der Waals surface area contributed by atoms with Gasteiger partial charge in [0.1, 0.15) is 23.8 Å². The van der Waals surface area contributed by atoms with Gasteiger partial charge in [-0.3, -0.25) is 14.5 Å². The molecule has 13 heteroatoms. The minimum absolute atomic E-state index is 0.0663. The fourth-order valence-electron chi connectivity index (χ4n) is 3.56. The Morgan fingerprint density at radius 2 is 2.15 bits per heavy atom. The van der Waals surface area contributed by atoms with Crippen LogP contribution in [0.1, 0.15) is 12.7 Å². The molecule has 0 spiro atoms. The Balaban J connectivity index is 1.54. The molecule has 2 aromatic rings. The monoisotopic (exact) mass is 483 g/mol. The molecule has 4 heterocycles. The summed E-state index contributed by atoms with van der Waals surface area (Å²) < 4.78 is 1.81. The Labute approximate surface area is 198 Å². The lowest BCUT2D eigenvalue weighted by Crippen LogP contribution is -2.71. The van der Waals surface area contributed by atoms with Crippen molar-refractivity contribution in [2.45, 2.75) is 24.9 Å². The molecular weight excluding hydrogens is 462 g/mol. The third kappa shape index (κ3) is 4.55. The molecule has 2 aliphatic heterocycles. The number of nitrogens with two attached hydrogens (primary N) is 1. The number of hydrogen-bond acceptors (Lipinski definition) is 10. The maximum atomic E-state index is 12.9. The van der Waals surface area contributed by atoms with Crippen molar-refractivity contribution in [2.24, 2.45) is 5.16 Å². The summed E-state index contributed by atoms with van der Waals surface area (Å²) in [6, 6.07) is 5.98. The number of oxime groups is 1. The van der Waals surface area contributed by atoms with Gasteiger partial charge >= 0.3 is 0 Å². The molecule has 12 nitrogen and oxygen atoms in total. The summed E-state index contributed by atoms with van der Waals surface area (Å²) in [4.78, 5) is 51.9. The lowest BCUT2D eigenvalue weighted by molar-refractivity contribution is -0.689. The zero-order valence-electron chi connectivity index (χ0n) is 18.1. The van der Waals surface area contributed by atoms with E-state index in [4.69, 9.17) is 10.6 Å². The van der Waals surface area contributed by atoms with E-state index in [1.54, 1.807) is 19.3 Å². The van der Waals surface area contributed by atoms with E-state index in [0.717, 1.165) is 4.90 Å². The van der Waals surface area contributed by atoms with Gasteiger partial charge in [0, 0.05) is 29.7 Å². The minimum atomic E-state index is -1.44. The molecule has 176 valence electrons. The maximum absolute atomic E-state index is 12.9. The Morgan fingerprint density at radius 1 is 1.38 bits per heavy atom. The first-order chi connectivity index (χ1) is 16.4. The number of hydrogen-bond donors (Lipinski definition) is 2. The molecule has 0 aromatic carbocycles. The Kier molecular flexibility index (Phi) is 6.72. The fourth-order valence-corrected chi connectivity index (χ4v) is 4.90. The summed E-state index contributed by atoms with van der Waals surface area (Å²) in [7, 11) is 0. The highest BCUT2D eigenvalue weighted by molar-refractivity contribution is 8.00. The summed E-state index contributed by atoms with van der Waals surface area (Å²) >= 11 is 1.35. The van der Waals surface area contributed by atoms with E-state index in [1.807, 2.05) is 22.8 Å². The van der Waals surface area contributed by atoms with Gasteiger partial charge in [-0.1, -0.05) is 11.2 Å². The van der Waals surface area contributed by atoms with Gasteiger partial charge in [-0.2, -0.15) is 0 Å². The molecule has 2 atom stereocenters. The number of anilines is 1. The van der Waals surface area contributed by atoms with Gasteiger partial charge in [0.2, 0.25) is 5.71 Å². The van der Waals surface area contributed by atoms with Gasteiger partial charge in [-0.25, -0.2) is 14.5 Å². The predicted octanol–water partition coefficient (Wildman–Crippen LogP) is -1.81. The number of fused-ring (bicyclic) bond motifs is 1. The number of β-lactam (4-membered cyclic amide) rings is 1. The van der Waals surface area contributed by atoms with Gasteiger partial charge in [-0.15, -0.1) is 11.8 Å². The van der Waals surface area contributed by atoms with Gasteiger partial charge in [0.15, 0.2) is 24.8 Å². The lowest BCUT2D eigenvalue weighted by atomic mass is 10.0. The van der Waals surface area contributed by atoms with Crippen LogP contribution in [-0.4, -0.2) is 62.1 Å². The summed E-state index contributed by atoms with van der Waals surface area (Å²) in [5, 5.41) is 17.7. The Hall–Kier alpha value is -4.00. The smallest absolute Gasteiger partial charge is 0.278 e. The van der Waals surface area contributed by atoms with Crippen LogP contribution in [-0.2, 0) is 25.8 Å². The number of aliphatic carboxylic acids is 1. The first-order valence-corrected chi connectivity index (χ1v) is 11.4. The molecule has 3 N–H and O–H groups in total. The van der Waals surface area contributed by atoms with Crippen LogP contribution >= 0.6 is 11.8 Å². The first kappa shape index (κ1) is 23.2. The number of pyridine rings is 1. The SMILES string of the molecule is CCON=C(C(=O)NC1C(=O)N2C(C(=O)[O-])=C(C[n+]3ccccc3)CS[C@@H]12)c1nccc(N)n1. The van der Waals surface area contributed by atoms with Gasteiger partial charge < -0.3 is 25.8 Å². The van der Waals surface area contributed by atoms with Crippen LogP contribution in [0.3, 0.4) is 0 Å². The van der Waals surface area contributed by atoms with Crippen LogP contribution in [0.5, 0.6) is 0 Å². The van der Waals surface area contributed by atoms with Gasteiger partial charge in [-0.05, 0) is 13.0 Å². The van der Waals surface area contributed by atoms with Crippen LogP contribution in [0.15, 0.2) is 59.3 Å². The molecule has 1 fully saturated rings. The molecule has 34 heavy (non-hydrogen) atoms. The molecule has 0 bridgehead atoms. The molecule has 2 aromatic heterocycles. The number of nitrogens with one attached hydrogen (secondary N) is 1. The van der Waals surface area contributed by atoms with E-state index in [2.05, 4.69) is 20.4 Å². The van der Waals surface area contributed by atoms with Crippen LogP contribution in [0.4, 0.5) is 5.82 Å². The van der Waals surface area contributed by atoms with E-state index in [1.165, 1.54) is 24.0 Å². The second kappa shape index (κ2) is 9.87. The van der Waals surface area contributed by atoms with Crippen LogP contribution < -0.4 is 20.7 Å². The van der Waals surface area contributed by atoms with E-state index >= 15 is 0 Å². The molecule has 0 radical (unpaired) electrons. The van der Waals surface area contributed by atoms with Crippen molar-refractivity contribution in [1.29, 1.82) is 0 Å². The largest absolute Gasteiger partial charge is 0.543 e. The van der Waals surface area contributed by atoms with Crippen molar-refractivity contribution in [3.63, 3.8) is 0 Å². The number of nitrogens with zero attached hydrogens (tertiary/aromatic N) is 5. The third-order valence-electron chi connectivity index (χ3n) is 5.07. The third-order valence-corrected chi connectivity index (χ3v) is 6.41. The zero-order valence-corrected chi connectivity index (χ0v) is 18.9. The average Bonchev–Trinajstić information content (AvgIpc) is 2.83. The molecule has 2 aliphatic rings.